The number of carbonyl (C=O) groups is 1. The van der Waals surface area contributed by atoms with E-state index in [2.05, 4.69) is 10.5 Å². The summed E-state index contributed by atoms with van der Waals surface area (Å²) in [5, 5.41) is 5.83. The molecule has 1 aromatic heterocycles. The molecule has 1 N–H and O–H groups in total. The molecule has 36 heavy (non-hydrogen) atoms. The SMILES string of the molecule is C[C@H](OC1CCCCO1)C(C)(C)c1cc(NC(=O)C(C)(C)S(=O)(=O)C2CCN(S(C)(=O)=O)CC2)on1. The van der Waals surface area contributed by atoms with Crippen molar-refractivity contribution in [1.82, 2.24) is 9.46 Å². The lowest BCUT2D eigenvalue weighted by Crippen LogP contribution is -2.52. The van der Waals surface area contributed by atoms with Crippen molar-refractivity contribution >= 4 is 31.7 Å². The molecule has 2 fully saturated rings. The van der Waals surface area contributed by atoms with Gasteiger partial charge in [-0.15, -0.1) is 0 Å². The number of hydrogen-bond acceptors (Lipinski definition) is 9. The third-order valence-electron chi connectivity index (χ3n) is 7.48. The molecule has 0 bridgehead atoms. The number of amides is 1. The van der Waals surface area contributed by atoms with Crippen LogP contribution in [-0.4, -0.2) is 80.5 Å². The predicted molar refractivity (Wildman–Crippen MR) is 135 cm³/mol. The first kappa shape index (κ1) is 29.0. The van der Waals surface area contributed by atoms with E-state index in [4.69, 9.17) is 14.0 Å². The summed E-state index contributed by atoms with van der Waals surface area (Å²) >= 11 is 0. The van der Waals surface area contributed by atoms with Gasteiger partial charge in [-0.1, -0.05) is 19.0 Å². The molecule has 1 amide bonds. The van der Waals surface area contributed by atoms with E-state index in [-0.39, 0.29) is 44.2 Å². The van der Waals surface area contributed by atoms with Gasteiger partial charge in [0, 0.05) is 31.2 Å². The van der Waals surface area contributed by atoms with Crippen molar-refractivity contribution in [2.45, 2.75) is 94.5 Å². The second-order valence-electron chi connectivity index (χ2n) is 10.7. The van der Waals surface area contributed by atoms with Crippen LogP contribution < -0.4 is 5.32 Å². The number of ether oxygens (including phenoxy) is 2. The van der Waals surface area contributed by atoms with E-state index >= 15 is 0 Å². The molecule has 3 rings (SSSR count). The summed E-state index contributed by atoms with van der Waals surface area (Å²) in [7, 11) is -7.32. The fourth-order valence-corrected chi connectivity index (χ4v) is 7.19. The van der Waals surface area contributed by atoms with E-state index in [0.717, 1.165) is 25.5 Å². The quantitative estimate of drug-likeness (QED) is 0.491. The smallest absolute Gasteiger partial charge is 0.247 e. The first-order chi connectivity index (χ1) is 16.6. The number of sulfonamides is 1. The molecule has 1 unspecified atom stereocenters. The van der Waals surface area contributed by atoms with Crippen LogP contribution in [0.25, 0.3) is 0 Å². The molecule has 2 aliphatic heterocycles. The van der Waals surface area contributed by atoms with Gasteiger partial charge in [-0.25, -0.2) is 21.1 Å². The van der Waals surface area contributed by atoms with Crippen LogP contribution in [0.2, 0.25) is 0 Å². The molecule has 1 aromatic rings. The highest BCUT2D eigenvalue weighted by Gasteiger charge is 2.48. The van der Waals surface area contributed by atoms with Crippen LogP contribution in [0.3, 0.4) is 0 Å². The summed E-state index contributed by atoms with van der Waals surface area (Å²) in [5.74, 6) is -0.701. The zero-order valence-electron chi connectivity index (χ0n) is 21.9. The highest BCUT2D eigenvalue weighted by atomic mass is 32.2. The standard InChI is InChI=1S/C23H39N3O8S2/c1-16(33-20-9-7-8-14-32-20)22(2,3)18-15-19(34-25-18)24-21(27)23(4,5)36(30,31)17-10-12-26(13-11-17)35(6,28)29/h15-17,20H,7-14H2,1-6H3,(H,24,27)/t16-,20?/m0/s1. The van der Waals surface area contributed by atoms with Gasteiger partial charge in [-0.2, -0.15) is 0 Å². The largest absolute Gasteiger partial charge is 0.353 e. The van der Waals surface area contributed by atoms with Gasteiger partial charge in [0.15, 0.2) is 16.1 Å². The first-order valence-corrected chi connectivity index (χ1v) is 15.7. The average Bonchev–Trinajstić information content (AvgIpc) is 3.28. The molecule has 3 heterocycles. The molecule has 0 radical (unpaired) electrons. The van der Waals surface area contributed by atoms with Crippen molar-refractivity contribution in [3.05, 3.63) is 11.8 Å². The topological polar surface area (TPSA) is 145 Å². The number of carbonyl (C=O) groups excluding carboxylic acids is 1. The fourth-order valence-electron chi connectivity index (χ4n) is 4.34. The van der Waals surface area contributed by atoms with Crippen LogP contribution in [-0.2, 0) is 39.5 Å². The Balaban J connectivity index is 1.66. The highest BCUT2D eigenvalue weighted by Crippen LogP contribution is 2.33. The number of sulfone groups is 1. The van der Waals surface area contributed by atoms with Gasteiger partial charge in [0.1, 0.15) is 4.75 Å². The van der Waals surface area contributed by atoms with Crippen LogP contribution in [0, 0.1) is 0 Å². The van der Waals surface area contributed by atoms with Crippen molar-refractivity contribution < 1.29 is 35.6 Å². The van der Waals surface area contributed by atoms with E-state index in [0.29, 0.717) is 12.3 Å². The highest BCUT2D eigenvalue weighted by molar-refractivity contribution is 7.94. The van der Waals surface area contributed by atoms with Crippen LogP contribution in [0.1, 0.15) is 72.4 Å². The molecule has 2 saturated heterocycles. The van der Waals surface area contributed by atoms with Gasteiger partial charge in [-0.3, -0.25) is 10.1 Å². The summed E-state index contributed by atoms with van der Waals surface area (Å²) in [5.41, 5.74) is -0.0161. The lowest BCUT2D eigenvalue weighted by atomic mass is 9.84. The summed E-state index contributed by atoms with van der Waals surface area (Å²) in [6, 6.07) is 1.58. The summed E-state index contributed by atoms with van der Waals surface area (Å²) in [6.45, 7) is 9.40. The molecule has 11 nitrogen and oxygen atoms in total. The molecule has 0 aromatic carbocycles. The van der Waals surface area contributed by atoms with Crippen LogP contribution in [0.15, 0.2) is 10.6 Å². The zero-order valence-corrected chi connectivity index (χ0v) is 23.6. The summed E-state index contributed by atoms with van der Waals surface area (Å²) in [6.07, 6.45) is 3.74. The summed E-state index contributed by atoms with van der Waals surface area (Å²) in [4.78, 5) is 13.1. The number of nitrogens with zero attached hydrogens (tertiary/aromatic N) is 2. The third-order valence-corrected chi connectivity index (χ3v) is 11.7. The van der Waals surface area contributed by atoms with Gasteiger partial charge < -0.3 is 14.0 Å². The van der Waals surface area contributed by atoms with E-state index in [1.165, 1.54) is 18.2 Å². The Morgan fingerprint density at radius 2 is 1.78 bits per heavy atom. The molecule has 2 aliphatic rings. The Morgan fingerprint density at radius 3 is 2.33 bits per heavy atom. The maximum atomic E-state index is 13.3. The van der Waals surface area contributed by atoms with E-state index in [1.54, 1.807) is 6.07 Å². The molecular weight excluding hydrogens is 510 g/mol. The Labute approximate surface area is 214 Å². The number of aromatic nitrogens is 1. The second kappa shape index (κ2) is 10.7. The van der Waals surface area contributed by atoms with Gasteiger partial charge in [0.2, 0.25) is 21.8 Å². The molecule has 206 valence electrons. The third kappa shape index (κ3) is 6.12. The van der Waals surface area contributed by atoms with Crippen molar-refractivity contribution in [2.24, 2.45) is 0 Å². The van der Waals surface area contributed by atoms with Gasteiger partial charge in [0.25, 0.3) is 0 Å². The average molecular weight is 550 g/mol. The number of anilines is 1. The molecular formula is C23H39N3O8S2. The van der Waals surface area contributed by atoms with Crippen molar-refractivity contribution in [1.29, 1.82) is 0 Å². The Bertz CT molecular complexity index is 1130. The van der Waals surface area contributed by atoms with Crippen LogP contribution in [0.5, 0.6) is 0 Å². The van der Waals surface area contributed by atoms with Crippen molar-refractivity contribution in [3.8, 4) is 0 Å². The van der Waals surface area contributed by atoms with Gasteiger partial charge in [0.05, 0.1) is 23.3 Å². The normalized spacial score (nSPS) is 22.3. The number of hydrogen-bond donors (Lipinski definition) is 1. The maximum absolute atomic E-state index is 13.3. The Hall–Kier alpha value is -1.54. The minimum absolute atomic E-state index is 0.0411. The van der Waals surface area contributed by atoms with Crippen molar-refractivity contribution in [2.75, 3.05) is 31.3 Å². The first-order valence-electron chi connectivity index (χ1n) is 12.3. The molecule has 0 spiro atoms. The second-order valence-corrected chi connectivity index (χ2v) is 15.5. The minimum Gasteiger partial charge on any atom is -0.353 e. The minimum atomic E-state index is -3.93. The van der Waals surface area contributed by atoms with E-state index in [1.807, 2.05) is 20.8 Å². The zero-order chi connectivity index (χ0) is 26.9. The molecule has 2 atom stereocenters. The monoisotopic (exact) mass is 549 g/mol. The van der Waals surface area contributed by atoms with Crippen LogP contribution in [0.4, 0.5) is 5.88 Å². The molecule has 13 heteroatoms. The molecule has 0 saturated carbocycles. The number of rotatable bonds is 9. The van der Waals surface area contributed by atoms with E-state index < -0.39 is 41.2 Å². The van der Waals surface area contributed by atoms with Crippen molar-refractivity contribution in [3.63, 3.8) is 0 Å². The van der Waals surface area contributed by atoms with E-state index in [9.17, 15) is 21.6 Å². The Morgan fingerprint density at radius 1 is 1.14 bits per heavy atom. The lowest BCUT2D eigenvalue weighted by molar-refractivity contribution is -0.196. The predicted octanol–water partition coefficient (Wildman–Crippen LogP) is 2.44. The van der Waals surface area contributed by atoms with Gasteiger partial charge >= 0.3 is 0 Å². The maximum Gasteiger partial charge on any atom is 0.247 e. The molecule has 0 aliphatic carbocycles. The Kier molecular flexibility index (Phi) is 8.61. The number of piperidine rings is 1. The van der Waals surface area contributed by atoms with Crippen LogP contribution >= 0.6 is 0 Å². The fraction of sp³-hybridized carbons (Fsp3) is 0.826. The van der Waals surface area contributed by atoms with Gasteiger partial charge in [-0.05, 0) is 52.9 Å². The number of nitrogens with one attached hydrogen (secondary N) is 1. The summed E-state index contributed by atoms with van der Waals surface area (Å²) < 4.78 is 66.7. The lowest BCUT2D eigenvalue weighted by Gasteiger charge is -2.34.